The van der Waals surface area contributed by atoms with Gasteiger partial charge in [-0.3, -0.25) is 4.90 Å². The second-order valence-corrected chi connectivity index (χ2v) is 7.29. The Labute approximate surface area is 119 Å². The Morgan fingerprint density at radius 1 is 1.16 bits per heavy atom. The van der Waals surface area contributed by atoms with Crippen LogP contribution in [0.1, 0.15) is 46.5 Å². The van der Waals surface area contributed by atoms with E-state index in [9.17, 15) is 0 Å². The van der Waals surface area contributed by atoms with Crippen molar-refractivity contribution in [1.29, 1.82) is 0 Å². The van der Waals surface area contributed by atoms with Crippen molar-refractivity contribution in [2.45, 2.75) is 58.0 Å². The molecule has 2 unspecified atom stereocenters. The first-order valence-corrected chi connectivity index (χ1v) is 8.17. The van der Waals surface area contributed by atoms with Gasteiger partial charge in [0.05, 0.1) is 0 Å². The molecule has 0 spiro atoms. The van der Waals surface area contributed by atoms with Crippen LogP contribution in [0, 0.1) is 5.92 Å². The van der Waals surface area contributed by atoms with Gasteiger partial charge < -0.3 is 10.2 Å². The topological polar surface area (TPSA) is 18.5 Å². The number of rotatable bonds is 4. The number of hydrogen-bond donors (Lipinski definition) is 1. The van der Waals surface area contributed by atoms with Crippen molar-refractivity contribution in [3.8, 4) is 0 Å². The molecule has 1 saturated heterocycles. The molecule has 2 aliphatic rings. The Morgan fingerprint density at radius 3 is 2.42 bits per heavy atom. The smallest absolute Gasteiger partial charge is 0.0281 e. The molecule has 0 bridgehead atoms. The van der Waals surface area contributed by atoms with E-state index >= 15 is 0 Å². The fourth-order valence-electron chi connectivity index (χ4n) is 4.05. The lowest BCUT2D eigenvalue weighted by atomic mass is 9.84. The molecule has 2 atom stereocenters. The SMILES string of the molecule is CC1CCCCC1N(C)CC(C)(C)N1CCNCC1. The van der Waals surface area contributed by atoms with Crippen LogP contribution in [0.4, 0.5) is 0 Å². The minimum absolute atomic E-state index is 0.300. The molecule has 2 rings (SSSR count). The van der Waals surface area contributed by atoms with Gasteiger partial charge in [0.15, 0.2) is 0 Å². The van der Waals surface area contributed by atoms with Crippen LogP contribution in [0.5, 0.6) is 0 Å². The largest absolute Gasteiger partial charge is 0.314 e. The summed E-state index contributed by atoms with van der Waals surface area (Å²) >= 11 is 0. The predicted octanol–water partition coefficient (Wildman–Crippen LogP) is 2.18. The zero-order valence-corrected chi connectivity index (χ0v) is 13.4. The number of piperazine rings is 1. The maximum absolute atomic E-state index is 3.46. The van der Waals surface area contributed by atoms with E-state index in [0.29, 0.717) is 5.54 Å². The summed E-state index contributed by atoms with van der Waals surface area (Å²) in [6.07, 6.45) is 5.68. The fraction of sp³-hybridized carbons (Fsp3) is 1.00. The van der Waals surface area contributed by atoms with E-state index < -0.39 is 0 Å². The maximum atomic E-state index is 3.46. The van der Waals surface area contributed by atoms with Gasteiger partial charge >= 0.3 is 0 Å². The molecule has 1 heterocycles. The number of likely N-dealkylation sites (N-methyl/N-ethyl adjacent to an activating group) is 1. The van der Waals surface area contributed by atoms with Crippen LogP contribution in [-0.4, -0.2) is 61.2 Å². The molecule has 0 aromatic carbocycles. The highest BCUT2D eigenvalue weighted by atomic mass is 15.3. The number of hydrogen-bond acceptors (Lipinski definition) is 3. The Hall–Kier alpha value is -0.120. The molecule has 112 valence electrons. The van der Waals surface area contributed by atoms with Crippen LogP contribution in [-0.2, 0) is 0 Å². The van der Waals surface area contributed by atoms with Gasteiger partial charge in [-0.05, 0) is 39.7 Å². The van der Waals surface area contributed by atoms with Crippen molar-refractivity contribution in [2.24, 2.45) is 5.92 Å². The van der Waals surface area contributed by atoms with E-state index in [1.165, 1.54) is 45.3 Å². The lowest BCUT2D eigenvalue weighted by molar-refractivity contribution is 0.0390. The lowest BCUT2D eigenvalue weighted by Gasteiger charge is -2.46. The molecule has 1 saturated carbocycles. The van der Waals surface area contributed by atoms with Gasteiger partial charge in [0.25, 0.3) is 0 Å². The summed E-state index contributed by atoms with van der Waals surface area (Å²) in [6, 6.07) is 0.802. The molecular weight excluding hydrogens is 234 g/mol. The third-order valence-corrected chi connectivity index (χ3v) is 5.24. The first-order valence-electron chi connectivity index (χ1n) is 8.17. The van der Waals surface area contributed by atoms with Gasteiger partial charge in [0.2, 0.25) is 0 Å². The summed E-state index contributed by atoms with van der Waals surface area (Å²) in [5.74, 6) is 0.873. The molecule has 0 aromatic heterocycles. The Kier molecular flexibility index (Phi) is 5.27. The van der Waals surface area contributed by atoms with Crippen molar-refractivity contribution < 1.29 is 0 Å². The second kappa shape index (κ2) is 6.55. The summed E-state index contributed by atoms with van der Waals surface area (Å²) in [7, 11) is 2.34. The molecular formula is C16H33N3. The minimum atomic E-state index is 0.300. The summed E-state index contributed by atoms with van der Waals surface area (Å²) in [6.45, 7) is 13.2. The highest BCUT2D eigenvalue weighted by molar-refractivity contribution is 4.90. The van der Waals surface area contributed by atoms with Crippen molar-refractivity contribution in [1.82, 2.24) is 15.1 Å². The fourth-order valence-corrected chi connectivity index (χ4v) is 4.05. The molecule has 3 nitrogen and oxygen atoms in total. The van der Waals surface area contributed by atoms with Crippen molar-refractivity contribution >= 4 is 0 Å². The van der Waals surface area contributed by atoms with Gasteiger partial charge in [0.1, 0.15) is 0 Å². The van der Waals surface area contributed by atoms with E-state index in [2.05, 4.69) is 42.9 Å². The van der Waals surface area contributed by atoms with Gasteiger partial charge in [-0.15, -0.1) is 0 Å². The van der Waals surface area contributed by atoms with Crippen molar-refractivity contribution in [2.75, 3.05) is 39.8 Å². The van der Waals surface area contributed by atoms with Crippen LogP contribution < -0.4 is 5.32 Å². The van der Waals surface area contributed by atoms with Gasteiger partial charge in [-0.2, -0.15) is 0 Å². The second-order valence-electron chi connectivity index (χ2n) is 7.29. The Balaban J connectivity index is 1.90. The third kappa shape index (κ3) is 3.93. The summed E-state index contributed by atoms with van der Waals surface area (Å²) in [4.78, 5) is 5.30. The molecule has 2 fully saturated rings. The number of nitrogens with zero attached hydrogens (tertiary/aromatic N) is 2. The van der Waals surface area contributed by atoms with Crippen molar-refractivity contribution in [3.63, 3.8) is 0 Å². The van der Waals surface area contributed by atoms with Crippen molar-refractivity contribution in [3.05, 3.63) is 0 Å². The van der Waals surface area contributed by atoms with E-state index in [-0.39, 0.29) is 0 Å². The van der Waals surface area contributed by atoms with Crippen LogP contribution in [0.15, 0.2) is 0 Å². The molecule has 19 heavy (non-hydrogen) atoms. The Morgan fingerprint density at radius 2 is 1.79 bits per heavy atom. The highest BCUT2D eigenvalue weighted by Gasteiger charge is 2.33. The molecule has 0 radical (unpaired) electrons. The van der Waals surface area contributed by atoms with Gasteiger partial charge in [-0.1, -0.05) is 19.8 Å². The average molecular weight is 267 g/mol. The normalized spacial score (nSPS) is 30.8. The third-order valence-electron chi connectivity index (χ3n) is 5.24. The monoisotopic (exact) mass is 267 g/mol. The molecule has 1 N–H and O–H groups in total. The predicted molar refractivity (Wildman–Crippen MR) is 82.6 cm³/mol. The Bertz CT molecular complexity index is 271. The zero-order chi connectivity index (χ0) is 13.9. The van der Waals surface area contributed by atoms with Crippen LogP contribution >= 0.6 is 0 Å². The van der Waals surface area contributed by atoms with Gasteiger partial charge in [0, 0.05) is 44.3 Å². The zero-order valence-electron chi connectivity index (χ0n) is 13.4. The summed E-state index contributed by atoms with van der Waals surface area (Å²) in [5.41, 5.74) is 0.300. The van der Waals surface area contributed by atoms with E-state index in [4.69, 9.17) is 0 Å². The molecule has 1 aliphatic heterocycles. The quantitative estimate of drug-likeness (QED) is 0.842. The first-order chi connectivity index (χ1) is 9.00. The number of nitrogens with one attached hydrogen (secondary N) is 1. The minimum Gasteiger partial charge on any atom is -0.314 e. The summed E-state index contributed by atoms with van der Waals surface area (Å²) in [5, 5.41) is 3.46. The highest BCUT2D eigenvalue weighted by Crippen LogP contribution is 2.29. The van der Waals surface area contributed by atoms with E-state index in [1.807, 2.05) is 0 Å². The first kappa shape index (κ1) is 15.3. The van der Waals surface area contributed by atoms with Crippen LogP contribution in [0.3, 0.4) is 0 Å². The maximum Gasteiger partial charge on any atom is 0.0281 e. The van der Waals surface area contributed by atoms with Crippen LogP contribution in [0.2, 0.25) is 0 Å². The van der Waals surface area contributed by atoms with E-state index in [0.717, 1.165) is 25.0 Å². The molecule has 1 aliphatic carbocycles. The molecule has 3 heteroatoms. The molecule has 0 aromatic rings. The lowest BCUT2D eigenvalue weighted by Crippen LogP contribution is -2.58. The average Bonchev–Trinajstić information content (AvgIpc) is 2.39. The van der Waals surface area contributed by atoms with E-state index in [1.54, 1.807) is 0 Å². The van der Waals surface area contributed by atoms with Crippen LogP contribution in [0.25, 0.3) is 0 Å². The standard InChI is InChI=1S/C16H33N3/c1-14-7-5-6-8-15(14)18(4)13-16(2,3)19-11-9-17-10-12-19/h14-15,17H,5-13H2,1-4H3. The molecule has 0 amide bonds. The van der Waals surface area contributed by atoms with Gasteiger partial charge in [-0.25, -0.2) is 0 Å². The summed E-state index contributed by atoms with van der Waals surface area (Å²) < 4.78 is 0.